The van der Waals surface area contributed by atoms with Gasteiger partial charge in [0, 0.05) is 29.4 Å². The Morgan fingerprint density at radius 1 is 1.32 bits per heavy atom. The van der Waals surface area contributed by atoms with Gasteiger partial charge in [-0.25, -0.2) is 0 Å². The molecule has 6 heteroatoms. The minimum atomic E-state index is -0.175. The van der Waals surface area contributed by atoms with Gasteiger partial charge in [0.05, 0.1) is 18.1 Å². The molecule has 3 rings (SSSR count). The molecule has 28 heavy (non-hydrogen) atoms. The van der Waals surface area contributed by atoms with Gasteiger partial charge in [-0.1, -0.05) is 25.1 Å². The standard InChI is InChI=1S/C22H20N4O2/c1-2-5-17(15-23)6-4-12-26-13-10-22(27)21(25-26)16-28-19-8-9-20-18(14-19)7-3-11-24-20/h3-11,13-14H,2,12,16H2,1H3. The summed E-state index contributed by atoms with van der Waals surface area (Å²) in [6.07, 6.45) is 9.61. The van der Waals surface area contributed by atoms with Crippen LogP contribution >= 0.6 is 0 Å². The highest BCUT2D eigenvalue weighted by molar-refractivity contribution is 5.79. The maximum atomic E-state index is 12.1. The van der Waals surface area contributed by atoms with E-state index < -0.39 is 0 Å². The van der Waals surface area contributed by atoms with Gasteiger partial charge < -0.3 is 4.74 Å². The normalized spacial score (nSPS) is 11.6. The molecule has 2 heterocycles. The fourth-order valence-electron chi connectivity index (χ4n) is 2.64. The largest absolute Gasteiger partial charge is 0.487 e. The van der Waals surface area contributed by atoms with Gasteiger partial charge in [-0.3, -0.25) is 14.5 Å². The predicted molar refractivity (Wildman–Crippen MR) is 108 cm³/mol. The van der Waals surface area contributed by atoms with E-state index in [0.717, 1.165) is 17.3 Å². The second-order valence-electron chi connectivity index (χ2n) is 6.08. The van der Waals surface area contributed by atoms with E-state index in [-0.39, 0.29) is 12.0 Å². The van der Waals surface area contributed by atoms with Crippen LogP contribution in [0.1, 0.15) is 19.0 Å². The molecule has 0 aliphatic carbocycles. The van der Waals surface area contributed by atoms with Crippen molar-refractivity contribution in [3.05, 3.63) is 88.5 Å². The SMILES string of the molecule is CCC=C(C#N)C=CCn1ccc(=O)c(COc2ccc3ncccc3c2)n1. The van der Waals surface area contributed by atoms with Crippen molar-refractivity contribution in [2.24, 2.45) is 0 Å². The minimum absolute atomic E-state index is 0.0777. The molecular weight excluding hydrogens is 352 g/mol. The van der Waals surface area contributed by atoms with Crippen LogP contribution in [-0.2, 0) is 13.2 Å². The number of pyridine rings is 1. The number of hydrogen-bond donors (Lipinski definition) is 0. The smallest absolute Gasteiger partial charge is 0.206 e. The zero-order valence-corrected chi connectivity index (χ0v) is 15.6. The van der Waals surface area contributed by atoms with E-state index in [0.29, 0.717) is 23.6 Å². The molecule has 140 valence electrons. The highest BCUT2D eigenvalue weighted by atomic mass is 16.5. The molecule has 1 aromatic carbocycles. The quantitative estimate of drug-likeness (QED) is 0.466. The number of fused-ring (bicyclic) bond motifs is 1. The Bertz CT molecular complexity index is 1120. The number of nitrogens with zero attached hydrogens (tertiary/aromatic N) is 4. The first kappa shape index (κ1) is 19.1. The van der Waals surface area contributed by atoms with Crippen LogP contribution < -0.4 is 10.2 Å². The maximum Gasteiger partial charge on any atom is 0.206 e. The van der Waals surface area contributed by atoms with Crippen molar-refractivity contribution in [1.29, 1.82) is 5.26 Å². The lowest BCUT2D eigenvalue weighted by atomic mass is 10.2. The highest BCUT2D eigenvalue weighted by Gasteiger charge is 2.05. The number of benzene rings is 1. The average Bonchev–Trinajstić information content (AvgIpc) is 2.73. The van der Waals surface area contributed by atoms with Crippen molar-refractivity contribution in [3.8, 4) is 11.8 Å². The van der Waals surface area contributed by atoms with Gasteiger partial charge in [0.25, 0.3) is 0 Å². The van der Waals surface area contributed by atoms with Crippen molar-refractivity contribution in [1.82, 2.24) is 14.8 Å². The summed E-state index contributed by atoms with van der Waals surface area (Å²) in [5.41, 5.74) is 1.65. The van der Waals surface area contributed by atoms with E-state index in [2.05, 4.69) is 16.2 Å². The van der Waals surface area contributed by atoms with Crippen LogP contribution in [0.15, 0.2) is 77.4 Å². The fraction of sp³-hybridized carbons (Fsp3) is 0.182. The summed E-state index contributed by atoms with van der Waals surface area (Å²) in [6.45, 7) is 2.51. The summed E-state index contributed by atoms with van der Waals surface area (Å²) in [5, 5.41) is 14.3. The van der Waals surface area contributed by atoms with Gasteiger partial charge in [-0.05, 0) is 36.8 Å². The monoisotopic (exact) mass is 372 g/mol. The summed E-state index contributed by atoms with van der Waals surface area (Å²) in [6, 6.07) is 13.0. The van der Waals surface area contributed by atoms with Gasteiger partial charge in [0.1, 0.15) is 18.1 Å². The molecule has 0 aliphatic rings. The van der Waals surface area contributed by atoms with Crippen LogP contribution in [0.2, 0.25) is 0 Å². The second kappa shape index (κ2) is 9.28. The summed E-state index contributed by atoms with van der Waals surface area (Å²) >= 11 is 0. The van der Waals surface area contributed by atoms with Crippen molar-refractivity contribution < 1.29 is 4.74 Å². The van der Waals surface area contributed by atoms with Crippen LogP contribution in [0.5, 0.6) is 5.75 Å². The molecule has 0 spiro atoms. The number of nitriles is 1. The summed E-state index contributed by atoms with van der Waals surface area (Å²) < 4.78 is 7.39. The van der Waals surface area contributed by atoms with Crippen molar-refractivity contribution in [2.75, 3.05) is 0 Å². The van der Waals surface area contributed by atoms with Crippen LogP contribution in [0.3, 0.4) is 0 Å². The van der Waals surface area contributed by atoms with Gasteiger partial charge in [0.2, 0.25) is 5.43 Å². The summed E-state index contributed by atoms with van der Waals surface area (Å²) in [7, 11) is 0. The topological polar surface area (TPSA) is 80.8 Å². The predicted octanol–water partition coefficient (Wildman–Crippen LogP) is 3.79. The lowest BCUT2D eigenvalue weighted by Gasteiger charge is -2.08. The Balaban J connectivity index is 1.69. The number of allylic oxidation sites excluding steroid dienone is 4. The molecule has 0 saturated carbocycles. The molecule has 0 saturated heterocycles. The number of hydrogen-bond acceptors (Lipinski definition) is 5. The first-order chi connectivity index (χ1) is 13.7. The van der Waals surface area contributed by atoms with E-state index in [1.54, 1.807) is 23.2 Å². The van der Waals surface area contributed by atoms with Crippen LogP contribution in [-0.4, -0.2) is 14.8 Å². The van der Waals surface area contributed by atoms with Crippen LogP contribution in [0, 0.1) is 11.3 Å². The minimum Gasteiger partial charge on any atom is -0.487 e. The second-order valence-corrected chi connectivity index (χ2v) is 6.08. The van der Waals surface area contributed by atoms with E-state index in [1.165, 1.54) is 6.07 Å². The Labute approximate surface area is 163 Å². The Morgan fingerprint density at radius 2 is 2.21 bits per heavy atom. The molecule has 0 N–H and O–H groups in total. The van der Waals surface area contributed by atoms with E-state index in [9.17, 15) is 4.79 Å². The molecule has 2 aromatic heterocycles. The summed E-state index contributed by atoms with van der Waals surface area (Å²) in [5.74, 6) is 0.653. The molecule has 0 bridgehead atoms. The lowest BCUT2D eigenvalue weighted by Crippen LogP contribution is -2.18. The first-order valence-electron chi connectivity index (χ1n) is 9.00. The third-order valence-corrected chi connectivity index (χ3v) is 4.02. The lowest BCUT2D eigenvalue weighted by molar-refractivity contribution is 0.296. The van der Waals surface area contributed by atoms with Gasteiger partial charge in [0.15, 0.2) is 0 Å². The van der Waals surface area contributed by atoms with E-state index >= 15 is 0 Å². The number of rotatable bonds is 7. The molecule has 0 aliphatic heterocycles. The molecule has 0 unspecified atom stereocenters. The molecule has 6 nitrogen and oxygen atoms in total. The number of ether oxygens (including phenoxy) is 1. The zero-order chi connectivity index (χ0) is 19.8. The third kappa shape index (κ3) is 4.92. The van der Waals surface area contributed by atoms with E-state index in [1.807, 2.05) is 49.4 Å². The van der Waals surface area contributed by atoms with Gasteiger partial charge in [-0.2, -0.15) is 10.4 Å². The molecule has 3 aromatic rings. The van der Waals surface area contributed by atoms with Crippen LogP contribution in [0.4, 0.5) is 0 Å². The fourth-order valence-corrected chi connectivity index (χ4v) is 2.64. The van der Waals surface area contributed by atoms with Crippen molar-refractivity contribution in [2.45, 2.75) is 26.5 Å². The zero-order valence-electron chi connectivity index (χ0n) is 15.6. The van der Waals surface area contributed by atoms with Crippen molar-refractivity contribution in [3.63, 3.8) is 0 Å². The Morgan fingerprint density at radius 3 is 3.04 bits per heavy atom. The Hall–Kier alpha value is -3.72. The number of aromatic nitrogens is 3. The first-order valence-corrected chi connectivity index (χ1v) is 9.00. The molecule has 0 fully saturated rings. The molecule has 0 amide bonds. The molecular formula is C22H20N4O2. The highest BCUT2D eigenvalue weighted by Crippen LogP contribution is 2.19. The van der Waals surface area contributed by atoms with Crippen LogP contribution in [0.25, 0.3) is 10.9 Å². The molecule has 0 radical (unpaired) electrons. The summed E-state index contributed by atoms with van der Waals surface area (Å²) in [4.78, 5) is 16.4. The van der Waals surface area contributed by atoms with Crippen molar-refractivity contribution >= 4 is 10.9 Å². The average molecular weight is 372 g/mol. The molecule has 0 atom stereocenters. The maximum absolute atomic E-state index is 12.1. The third-order valence-electron chi connectivity index (χ3n) is 4.02. The van der Waals surface area contributed by atoms with Gasteiger partial charge >= 0.3 is 0 Å². The Kier molecular flexibility index (Phi) is 6.32. The van der Waals surface area contributed by atoms with Gasteiger partial charge in [-0.15, -0.1) is 0 Å². The van der Waals surface area contributed by atoms with E-state index in [4.69, 9.17) is 10.00 Å².